The molecule has 3 nitrogen and oxygen atoms in total. The molecule has 15 rings (SSSR count). The van der Waals surface area contributed by atoms with E-state index in [4.69, 9.17) is 4.42 Å². The first-order valence-corrected chi connectivity index (χ1v) is 23.8. The third-order valence-corrected chi connectivity index (χ3v) is 15.8. The topological polar surface area (TPSA) is 21.3 Å². The van der Waals surface area contributed by atoms with Gasteiger partial charge in [0.2, 0.25) is 0 Å². The highest BCUT2D eigenvalue weighted by Gasteiger charge is 2.48. The Kier molecular flexibility index (Phi) is 7.64. The van der Waals surface area contributed by atoms with Crippen molar-refractivity contribution >= 4 is 94.1 Å². The molecule has 1 aliphatic heterocycles. The minimum absolute atomic E-state index is 0.576. The summed E-state index contributed by atoms with van der Waals surface area (Å²) in [6.07, 6.45) is 0. The van der Waals surface area contributed by atoms with Crippen LogP contribution in [0.4, 0.5) is 17.1 Å². The average Bonchev–Trinajstić information content (AvgIpc) is 3.93. The minimum atomic E-state index is -0.576. The molecule has 0 fully saturated rings. The Morgan fingerprint density at radius 1 is 0.388 bits per heavy atom. The van der Waals surface area contributed by atoms with E-state index in [0.717, 1.165) is 55.7 Å². The van der Waals surface area contributed by atoms with Crippen molar-refractivity contribution in [2.45, 2.75) is 15.2 Å². The molecule has 0 saturated carbocycles. The van der Waals surface area contributed by atoms with Gasteiger partial charge in [0.05, 0.1) is 22.1 Å². The second-order valence-electron chi connectivity index (χ2n) is 17.9. The van der Waals surface area contributed by atoms with Gasteiger partial charge in [-0.2, -0.15) is 0 Å². The van der Waals surface area contributed by atoms with Crippen molar-refractivity contribution in [2.75, 3.05) is 4.90 Å². The lowest BCUT2D eigenvalue weighted by atomic mass is 9.59. The van der Waals surface area contributed by atoms with Gasteiger partial charge >= 0.3 is 0 Å². The Balaban J connectivity index is 1.03. The van der Waals surface area contributed by atoms with Gasteiger partial charge in [0.15, 0.2) is 0 Å². The van der Waals surface area contributed by atoms with Crippen LogP contribution in [0.25, 0.3) is 82.1 Å². The third kappa shape index (κ3) is 5.08. The van der Waals surface area contributed by atoms with E-state index in [2.05, 4.69) is 234 Å². The summed E-state index contributed by atoms with van der Waals surface area (Å²) in [4.78, 5) is 5.08. The standard InChI is InChI=1S/C63H38N2OS/c1-2-18-44-39(14-1)15-13-26-55(44)64(42-31-34-47-46-19-3-7-25-56(46)65(57(47)37-42)43-32-35-49-48-20-4-8-27-58(48)66-59(49)38-43)41-30-33-45-50-21-11-16-40-17-12-24-53(62(40)50)63(54(45)36-41)51-22-5-9-28-60(51)67-61-29-10-6-23-52(61)63/h1-38H. The molecule has 0 atom stereocenters. The molecule has 0 radical (unpaired) electrons. The Morgan fingerprint density at radius 2 is 1.00 bits per heavy atom. The monoisotopic (exact) mass is 870 g/mol. The molecule has 312 valence electrons. The average molecular weight is 871 g/mol. The molecular weight excluding hydrogens is 833 g/mol. The predicted octanol–water partition coefficient (Wildman–Crippen LogP) is 17.3. The summed E-state index contributed by atoms with van der Waals surface area (Å²) in [5.74, 6) is 0. The first kappa shape index (κ1) is 37.0. The SMILES string of the molecule is c1ccc2c(c1)Sc1ccccc1C21c2cc(N(c3ccc4c5ccccc5n(-c5ccc6c(c5)oc5ccccc56)c4c3)c3cccc4ccccc34)ccc2-c2cccc3cccc1c23. The molecule has 1 spiro atoms. The summed E-state index contributed by atoms with van der Waals surface area (Å²) in [7, 11) is 0. The van der Waals surface area contributed by atoms with E-state index in [1.165, 1.54) is 75.5 Å². The van der Waals surface area contributed by atoms with E-state index >= 15 is 0 Å². The van der Waals surface area contributed by atoms with Gasteiger partial charge in [-0.15, -0.1) is 0 Å². The Hall–Kier alpha value is -8.31. The fourth-order valence-corrected chi connectivity index (χ4v) is 13.1. The zero-order chi connectivity index (χ0) is 43.8. The largest absolute Gasteiger partial charge is 0.456 e. The van der Waals surface area contributed by atoms with Crippen LogP contribution < -0.4 is 4.90 Å². The maximum atomic E-state index is 6.49. The van der Waals surface area contributed by atoms with Gasteiger partial charge in [0, 0.05) is 59.9 Å². The number of para-hydroxylation sites is 2. The maximum Gasteiger partial charge on any atom is 0.137 e. The summed E-state index contributed by atoms with van der Waals surface area (Å²) in [6, 6.07) is 85.5. The summed E-state index contributed by atoms with van der Waals surface area (Å²) >= 11 is 1.89. The highest BCUT2D eigenvalue weighted by atomic mass is 32.2. The highest BCUT2D eigenvalue weighted by molar-refractivity contribution is 7.99. The number of benzene rings is 11. The number of fused-ring (bicyclic) bond motifs is 15. The molecule has 2 aliphatic rings. The molecule has 0 amide bonds. The molecule has 11 aromatic carbocycles. The van der Waals surface area contributed by atoms with Crippen molar-refractivity contribution in [2.24, 2.45) is 0 Å². The first-order chi connectivity index (χ1) is 33.2. The van der Waals surface area contributed by atoms with Crippen LogP contribution in [0.1, 0.15) is 22.3 Å². The van der Waals surface area contributed by atoms with Crippen LogP contribution in [-0.4, -0.2) is 4.57 Å². The lowest BCUT2D eigenvalue weighted by molar-refractivity contribution is 0.668. The van der Waals surface area contributed by atoms with E-state index in [1.807, 2.05) is 17.8 Å². The molecule has 0 N–H and O–H groups in total. The van der Waals surface area contributed by atoms with Gasteiger partial charge < -0.3 is 13.9 Å². The van der Waals surface area contributed by atoms with Gasteiger partial charge in [0.1, 0.15) is 11.2 Å². The van der Waals surface area contributed by atoms with Crippen molar-refractivity contribution in [3.63, 3.8) is 0 Å². The number of nitrogens with zero attached hydrogens (tertiary/aromatic N) is 2. The van der Waals surface area contributed by atoms with Gasteiger partial charge in [-0.25, -0.2) is 0 Å². The van der Waals surface area contributed by atoms with Crippen LogP contribution >= 0.6 is 11.8 Å². The quantitative estimate of drug-likeness (QED) is 0.176. The number of anilines is 3. The minimum Gasteiger partial charge on any atom is -0.456 e. The van der Waals surface area contributed by atoms with Crippen LogP contribution in [0, 0.1) is 0 Å². The van der Waals surface area contributed by atoms with Crippen molar-refractivity contribution in [3.8, 4) is 16.8 Å². The van der Waals surface area contributed by atoms with E-state index in [1.54, 1.807) is 0 Å². The molecule has 2 aromatic heterocycles. The molecule has 0 bridgehead atoms. The maximum absolute atomic E-state index is 6.49. The number of aromatic nitrogens is 1. The molecule has 1 aliphatic carbocycles. The number of rotatable bonds is 4. The summed E-state index contributed by atoms with van der Waals surface area (Å²) < 4.78 is 8.90. The van der Waals surface area contributed by atoms with Crippen molar-refractivity contribution in [3.05, 3.63) is 253 Å². The van der Waals surface area contributed by atoms with E-state index in [0.29, 0.717) is 0 Å². The number of hydrogen-bond donors (Lipinski definition) is 0. The van der Waals surface area contributed by atoms with Gasteiger partial charge in [-0.3, -0.25) is 0 Å². The fourth-order valence-electron chi connectivity index (χ4n) is 11.9. The van der Waals surface area contributed by atoms with Crippen molar-refractivity contribution < 1.29 is 4.42 Å². The zero-order valence-corrected chi connectivity index (χ0v) is 37.0. The fraction of sp³-hybridized carbons (Fsp3) is 0.0159. The number of furan rings is 1. The Bertz CT molecular complexity index is 4180. The van der Waals surface area contributed by atoms with E-state index in [9.17, 15) is 0 Å². The van der Waals surface area contributed by atoms with Gasteiger partial charge in [-0.1, -0.05) is 169 Å². The van der Waals surface area contributed by atoms with Crippen molar-refractivity contribution in [1.29, 1.82) is 0 Å². The molecule has 0 unspecified atom stereocenters. The van der Waals surface area contributed by atoms with Crippen LogP contribution in [0.15, 0.2) is 245 Å². The molecule has 3 heterocycles. The summed E-state index contributed by atoms with van der Waals surface area (Å²) in [5, 5.41) is 9.63. The smallest absolute Gasteiger partial charge is 0.137 e. The van der Waals surface area contributed by atoms with Gasteiger partial charge in [-0.05, 0) is 116 Å². The second kappa shape index (κ2) is 13.9. The van der Waals surface area contributed by atoms with Crippen LogP contribution in [0.2, 0.25) is 0 Å². The normalized spacial score (nSPS) is 13.4. The first-order valence-electron chi connectivity index (χ1n) is 23.0. The Labute approximate surface area is 390 Å². The molecule has 13 aromatic rings. The predicted molar refractivity (Wildman–Crippen MR) is 279 cm³/mol. The summed E-state index contributed by atoms with van der Waals surface area (Å²) in [5.41, 5.74) is 15.6. The number of hydrogen-bond acceptors (Lipinski definition) is 3. The van der Waals surface area contributed by atoms with Crippen LogP contribution in [0.5, 0.6) is 0 Å². The molecule has 67 heavy (non-hydrogen) atoms. The van der Waals surface area contributed by atoms with Crippen LogP contribution in [-0.2, 0) is 5.41 Å². The lowest BCUT2D eigenvalue weighted by Crippen LogP contribution is -2.36. The zero-order valence-electron chi connectivity index (χ0n) is 36.2. The van der Waals surface area contributed by atoms with E-state index in [-0.39, 0.29) is 0 Å². The summed E-state index contributed by atoms with van der Waals surface area (Å²) in [6.45, 7) is 0. The van der Waals surface area contributed by atoms with Crippen LogP contribution in [0.3, 0.4) is 0 Å². The highest BCUT2D eigenvalue weighted by Crippen LogP contribution is 2.62. The van der Waals surface area contributed by atoms with Crippen molar-refractivity contribution in [1.82, 2.24) is 4.57 Å². The molecule has 4 heteroatoms. The Morgan fingerprint density at radius 3 is 1.87 bits per heavy atom. The third-order valence-electron chi connectivity index (χ3n) is 14.6. The molecule has 0 saturated heterocycles. The van der Waals surface area contributed by atoms with Gasteiger partial charge in [0.25, 0.3) is 0 Å². The molecular formula is C63H38N2OS. The van der Waals surface area contributed by atoms with E-state index < -0.39 is 5.41 Å². The lowest BCUT2D eigenvalue weighted by Gasteiger charge is -2.46. The second-order valence-corrected chi connectivity index (χ2v) is 19.0.